The zero-order valence-corrected chi connectivity index (χ0v) is 25.0. The lowest BCUT2D eigenvalue weighted by Gasteiger charge is -2.39. The van der Waals surface area contributed by atoms with E-state index in [0.717, 1.165) is 0 Å². The summed E-state index contributed by atoms with van der Waals surface area (Å²) in [5.41, 5.74) is -0.659. The molecule has 3 rings (SSSR count). The lowest BCUT2D eigenvalue weighted by molar-refractivity contribution is -0.174. The maximum Gasteiger partial charge on any atom is 0.508 e. The van der Waals surface area contributed by atoms with E-state index in [1.807, 2.05) is 0 Å². The first-order chi connectivity index (χ1) is 17.6. The van der Waals surface area contributed by atoms with Crippen molar-refractivity contribution in [2.75, 3.05) is 19.4 Å². The third-order valence-corrected chi connectivity index (χ3v) is 13.2. The van der Waals surface area contributed by atoms with Gasteiger partial charge >= 0.3 is 19.7 Å². The summed E-state index contributed by atoms with van der Waals surface area (Å²) in [6, 6.07) is 0. The molecular formula is C24H40N2O10PSi+. The Kier molecular flexibility index (Phi) is 9.89. The summed E-state index contributed by atoms with van der Waals surface area (Å²) < 4.78 is 43.4. The molecule has 2 N–H and O–H groups in total. The second-order valence-corrected chi connectivity index (χ2v) is 17.5. The first-order valence-electron chi connectivity index (χ1n) is 12.8. The maximum atomic E-state index is 12.9. The van der Waals surface area contributed by atoms with Gasteiger partial charge in [-0.05, 0) is 29.6 Å². The van der Waals surface area contributed by atoms with Crippen molar-refractivity contribution in [3.05, 3.63) is 32.6 Å². The van der Waals surface area contributed by atoms with E-state index in [-0.39, 0.29) is 30.3 Å². The van der Waals surface area contributed by atoms with Crippen LogP contribution in [0.3, 0.4) is 0 Å². The van der Waals surface area contributed by atoms with E-state index >= 15 is 0 Å². The van der Waals surface area contributed by atoms with Gasteiger partial charge in [-0.15, -0.1) is 4.52 Å². The van der Waals surface area contributed by atoms with Gasteiger partial charge in [0, 0.05) is 37.4 Å². The summed E-state index contributed by atoms with van der Waals surface area (Å²) in [6.07, 6.45) is -0.873. The second kappa shape index (κ2) is 12.2. The quantitative estimate of drug-likeness (QED) is 0.242. The Labute approximate surface area is 224 Å². The van der Waals surface area contributed by atoms with Crippen LogP contribution in [0.2, 0.25) is 18.1 Å². The molecule has 0 amide bonds. The molecule has 3 heterocycles. The zero-order chi connectivity index (χ0) is 28.4. The van der Waals surface area contributed by atoms with Crippen LogP contribution in [-0.2, 0) is 32.5 Å². The molecule has 2 unspecified atom stereocenters. The van der Waals surface area contributed by atoms with Crippen molar-refractivity contribution in [3.63, 3.8) is 0 Å². The highest BCUT2D eigenvalue weighted by Gasteiger charge is 2.47. The molecule has 7 atom stereocenters. The second-order valence-electron chi connectivity index (χ2n) is 11.5. The average molecular weight is 576 g/mol. The van der Waals surface area contributed by atoms with E-state index in [2.05, 4.69) is 38.8 Å². The van der Waals surface area contributed by atoms with Gasteiger partial charge in [-0.3, -0.25) is 19.1 Å². The molecule has 14 heteroatoms. The number of nitrogens with zero attached hydrogens (tertiary/aromatic N) is 1. The number of carbonyl (C=O) groups is 1. The summed E-state index contributed by atoms with van der Waals surface area (Å²) in [6.45, 7) is 13.1. The molecule has 1 aromatic heterocycles. The van der Waals surface area contributed by atoms with E-state index in [9.17, 15) is 24.1 Å². The van der Waals surface area contributed by atoms with Gasteiger partial charge in [0.1, 0.15) is 18.9 Å². The Morgan fingerprint density at radius 2 is 1.92 bits per heavy atom. The van der Waals surface area contributed by atoms with Crippen LogP contribution in [0.4, 0.5) is 0 Å². The Morgan fingerprint density at radius 1 is 1.24 bits per heavy atom. The molecule has 2 fully saturated rings. The molecule has 0 saturated carbocycles. The predicted octanol–water partition coefficient (Wildman–Crippen LogP) is 2.57. The number of esters is 1. The lowest BCUT2D eigenvalue weighted by Crippen LogP contribution is -2.46. The fraction of sp³-hybridized carbons (Fsp3) is 0.792. The Hall–Kier alpha value is -1.73. The number of aliphatic hydroxyl groups excluding tert-OH is 1. The lowest BCUT2D eigenvalue weighted by atomic mass is 10.0. The molecule has 12 nitrogen and oxygen atoms in total. The molecule has 0 bridgehead atoms. The number of rotatable bonds is 10. The van der Waals surface area contributed by atoms with E-state index in [1.165, 1.54) is 17.7 Å². The van der Waals surface area contributed by atoms with Crippen LogP contribution in [0, 0.1) is 12.8 Å². The smallest absolute Gasteiger partial charge is 0.436 e. The summed E-state index contributed by atoms with van der Waals surface area (Å²) in [4.78, 5) is 37.9. The average Bonchev–Trinajstić information content (AvgIpc) is 3.36. The molecule has 0 spiro atoms. The van der Waals surface area contributed by atoms with Crippen LogP contribution < -0.4 is 11.2 Å². The number of carbonyl (C=O) groups excluding carboxylic acids is 1. The Balaban J connectivity index is 1.71. The number of aryl methyl sites for hydroxylation is 1. The number of nitrogens with one attached hydrogen (secondary N) is 1. The number of H-pyrrole nitrogens is 1. The fourth-order valence-corrected chi connectivity index (χ4v) is 6.85. The SMILES string of the molecule is CC(=O)OC1C[C@H](C[P+](=O)OC[C@H]2O[C@@H](n3cc(C)c(=O)[nH]c3=O)C[C@@H]2O[Si](C)(C)C(C)(C)C)[C@@H](CO)O1. The van der Waals surface area contributed by atoms with Crippen LogP contribution in [-0.4, -0.2) is 72.9 Å². The molecule has 214 valence electrons. The van der Waals surface area contributed by atoms with Crippen molar-refractivity contribution >= 4 is 22.3 Å². The highest BCUT2D eigenvalue weighted by molar-refractivity contribution is 7.39. The minimum atomic E-state index is -2.24. The minimum Gasteiger partial charge on any atom is -0.436 e. The minimum absolute atomic E-state index is 0.0349. The molecule has 0 radical (unpaired) electrons. The van der Waals surface area contributed by atoms with E-state index < -0.39 is 64.4 Å². The fourth-order valence-electron chi connectivity index (χ4n) is 4.31. The molecule has 2 aliphatic heterocycles. The first kappa shape index (κ1) is 30.8. The van der Waals surface area contributed by atoms with Crippen molar-refractivity contribution in [2.24, 2.45) is 5.92 Å². The van der Waals surface area contributed by atoms with Gasteiger partial charge in [0.25, 0.3) is 5.56 Å². The summed E-state index contributed by atoms with van der Waals surface area (Å²) in [5.74, 6) is -0.808. The number of hydrogen-bond acceptors (Lipinski definition) is 10. The third-order valence-electron chi connectivity index (χ3n) is 7.48. The summed E-state index contributed by atoms with van der Waals surface area (Å²) >= 11 is 0. The van der Waals surface area contributed by atoms with Crippen molar-refractivity contribution < 1.29 is 37.6 Å². The number of aliphatic hydroxyl groups is 1. The van der Waals surface area contributed by atoms with Gasteiger partial charge in [0.15, 0.2) is 14.5 Å². The van der Waals surface area contributed by atoms with Gasteiger partial charge in [0.2, 0.25) is 6.29 Å². The van der Waals surface area contributed by atoms with Crippen LogP contribution in [0.5, 0.6) is 0 Å². The largest absolute Gasteiger partial charge is 0.508 e. The molecule has 2 saturated heterocycles. The molecular weight excluding hydrogens is 535 g/mol. The van der Waals surface area contributed by atoms with Crippen LogP contribution in [0.15, 0.2) is 15.8 Å². The number of aromatic nitrogens is 2. The number of ether oxygens (including phenoxy) is 3. The van der Waals surface area contributed by atoms with Crippen LogP contribution in [0.25, 0.3) is 0 Å². The third kappa shape index (κ3) is 7.47. The van der Waals surface area contributed by atoms with Gasteiger partial charge in [-0.1, -0.05) is 20.8 Å². The van der Waals surface area contributed by atoms with Crippen LogP contribution >= 0.6 is 8.03 Å². The summed E-state index contributed by atoms with van der Waals surface area (Å²) in [7, 11) is -4.40. The molecule has 0 aromatic carbocycles. The van der Waals surface area contributed by atoms with Gasteiger partial charge in [-0.2, -0.15) is 0 Å². The van der Waals surface area contributed by atoms with Crippen molar-refractivity contribution in [1.82, 2.24) is 9.55 Å². The topological polar surface area (TPSA) is 155 Å². The standard InChI is InChI=1S/C24H39N2O10PSi/c1-14-10-26(23(30)25-22(14)29)20-9-17(36-38(6,7)24(3,4)5)19(34-20)12-32-37(31)13-16-8-21(33-15(2)28)35-18(16)11-27/h10,16-21,27H,8-9,11-13H2,1-7H3/p+1/t16-,17+,18-,19-,20-,21?/m1/s1. The van der Waals surface area contributed by atoms with Crippen LogP contribution in [0.1, 0.15) is 52.3 Å². The van der Waals surface area contributed by atoms with Gasteiger partial charge in [-0.25, -0.2) is 4.79 Å². The van der Waals surface area contributed by atoms with Crippen molar-refractivity contribution in [2.45, 2.75) is 96.4 Å². The van der Waals surface area contributed by atoms with Crippen molar-refractivity contribution in [3.8, 4) is 0 Å². The van der Waals surface area contributed by atoms with Crippen molar-refractivity contribution in [1.29, 1.82) is 0 Å². The Bertz CT molecular complexity index is 1130. The molecule has 38 heavy (non-hydrogen) atoms. The zero-order valence-electron chi connectivity index (χ0n) is 23.1. The molecule has 2 aliphatic rings. The van der Waals surface area contributed by atoms with E-state index in [4.69, 9.17) is 23.2 Å². The predicted molar refractivity (Wildman–Crippen MR) is 141 cm³/mol. The normalized spacial score (nSPS) is 28.5. The maximum absolute atomic E-state index is 12.9. The highest BCUT2D eigenvalue weighted by atomic mass is 31.1. The molecule has 1 aromatic rings. The monoisotopic (exact) mass is 575 g/mol. The molecule has 0 aliphatic carbocycles. The highest BCUT2D eigenvalue weighted by Crippen LogP contribution is 2.42. The Morgan fingerprint density at radius 3 is 2.53 bits per heavy atom. The van der Waals surface area contributed by atoms with Gasteiger partial charge < -0.3 is 23.7 Å². The summed E-state index contributed by atoms with van der Waals surface area (Å²) in [5, 5.41) is 9.55. The number of aromatic amines is 1. The van der Waals surface area contributed by atoms with Gasteiger partial charge in [0.05, 0.1) is 18.8 Å². The van der Waals surface area contributed by atoms with E-state index in [1.54, 1.807) is 6.92 Å². The van der Waals surface area contributed by atoms with E-state index in [0.29, 0.717) is 18.4 Å². The number of hydrogen-bond donors (Lipinski definition) is 2. The first-order valence-corrected chi connectivity index (χ1v) is 17.0.